The van der Waals surface area contributed by atoms with Crippen molar-refractivity contribution in [3.05, 3.63) is 16.8 Å². The van der Waals surface area contributed by atoms with Crippen LogP contribution in [0.1, 0.15) is 16.8 Å². The summed E-state index contributed by atoms with van der Waals surface area (Å²) in [5.41, 5.74) is 5.17. The topological polar surface area (TPSA) is 90.1 Å². The summed E-state index contributed by atoms with van der Waals surface area (Å²) in [4.78, 5) is 11.2. The van der Waals surface area contributed by atoms with Crippen LogP contribution in [0, 0.1) is 0 Å². The number of carbonyl (C=O) groups is 1. The normalized spacial score (nSPS) is 23.7. The number of primary amides is 1. The van der Waals surface area contributed by atoms with Gasteiger partial charge in [-0.15, -0.1) is 10.2 Å². The van der Waals surface area contributed by atoms with E-state index in [1.54, 1.807) is 0 Å². The van der Waals surface area contributed by atoms with E-state index in [0.717, 1.165) is 0 Å². The van der Waals surface area contributed by atoms with Crippen molar-refractivity contribution in [3.8, 4) is 5.88 Å². The molecule has 1 saturated heterocycles. The lowest BCUT2D eigenvalue weighted by Crippen LogP contribution is -2.44. The van der Waals surface area contributed by atoms with Crippen LogP contribution in [-0.2, 0) is 0 Å². The predicted molar refractivity (Wildman–Crippen MR) is 62.4 cm³/mol. The molecule has 3 N–H and O–H groups in total. The summed E-state index contributed by atoms with van der Waals surface area (Å²) < 4.78 is 18.9. The molecule has 1 amide bonds. The number of nitrogens with one attached hydrogen (secondary N) is 1. The van der Waals surface area contributed by atoms with E-state index >= 15 is 0 Å². The van der Waals surface area contributed by atoms with Crippen LogP contribution in [0.2, 0.25) is 5.15 Å². The fourth-order valence-corrected chi connectivity index (χ4v) is 1.84. The molecule has 1 aromatic heterocycles. The Bertz CT molecular complexity index is 460. The minimum atomic E-state index is -1.17. The molecule has 2 unspecified atom stereocenters. The fraction of sp³-hybridized carbons (Fsp3) is 0.500. The maximum absolute atomic E-state index is 13.6. The second kappa shape index (κ2) is 5.45. The molecule has 1 aliphatic rings. The number of halogens is 2. The zero-order chi connectivity index (χ0) is 13.1. The summed E-state index contributed by atoms with van der Waals surface area (Å²) in [7, 11) is 0. The number of ether oxygens (including phenoxy) is 1. The van der Waals surface area contributed by atoms with Crippen molar-refractivity contribution in [2.24, 2.45) is 5.73 Å². The molecule has 6 nitrogen and oxygen atoms in total. The molecule has 0 spiro atoms. The van der Waals surface area contributed by atoms with Crippen molar-refractivity contribution in [1.82, 2.24) is 15.5 Å². The standard InChI is InChI=1S/C10H12ClFN4O2/c11-8-3-5(9(13)17)10(16-15-8)18-7-1-2-14-4-6(7)12/h3,6-7,14H,1-2,4H2,(H2,13,17). The highest BCUT2D eigenvalue weighted by atomic mass is 35.5. The maximum Gasteiger partial charge on any atom is 0.254 e. The number of aromatic nitrogens is 2. The highest BCUT2D eigenvalue weighted by Gasteiger charge is 2.28. The van der Waals surface area contributed by atoms with Gasteiger partial charge in [0, 0.05) is 6.54 Å². The van der Waals surface area contributed by atoms with E-state index in [2.05, 4.69) is 15.5 Å². The van der Waals surface area contributed by atoms with Crippen LogP contribution in [0.25, 0.3) is 0 Å². The first-order chi connectivity index (χ1) is 8.58. The van der Waals surface area contributed by atoms with Gasteiger partial charge < -0.3 is 15.8 Å². The lowest BCUT2D eigenvalue weighted by molar-refractivity contribution is 0.0667. The van der Waals surface area contributed by atoms with Crippen molar-refractivity contribution in [1.29, 1.82) is 0 Å². The summed E-state index contributed by atoms with van der Waals surface area (Å²) in [5, 5.41) is 10.1. The van der Waals surface area contributed by atoms with Gasteiger partial charge in [-0.3, -0.25) is 4.79 Å². The van der Waals surface area contributed by atoms with E-state index < -0.39 is 18.2 Å². The van der Waals surface area contributed by atoms with Crippen molar-refractivity contribution < 1.29 is 13.9 Å². The number of alkyl halides is 1. The van der Waals surface area contributed by atoms with Gasteiger partial charge in [-0.1, -0.05) is 11.6 Å². The molecule has 1 aliphatic heterocycles. The van der Waals surface area contributed by atoms with Gasteiger partial charge in [0.25, 0.3) is 5.91 Å². The molecule has 8 heteroatoms. The smallest absolute Gasteiger partial charge is 0.254 e. The second-order valence-corrected chi connectivity index (χ2v) is 4.30. The van der Waals surface area contributed by atoms with Crippen LogP contribution in [0.5, 0.6) is 5.88 Å². The monoisotopic (exact) mass is 274 g/mol. The van der Waals surface area contributed by atoms with Crippen LogP contribution in [-0.4, -0.2) is 41.5 Å². The molecule has 2 heterocycles. The summed E-state index contributed by atoms with van der Waals surface area (Å²) in [5.74, 6) is -0.826. The largest absolute Gasteiger partial charge is 0.470 e. The van der Waals surface area contributed by atoms with E-state index in [1.165, 1.54) is 6.07 Å². The maximum atomic E-state index is 13.6. The number of hydrogen-bond acceptors (Lipinski definition) is 5. The molecule has 0 aliphatic carbocycles. The molecule has 1 aromatic rings. The van der Waals surface area contributed by atoms with E-state index in [0.29, 0.717) is 13.0 Å². The van der Waals surface area contributed by atoms with Crippen LogP contribution in [0.15, 0.2) is 6.07 Å². The molecule has 2 rings (SSSR count). The lowest BCUT2D eigenvalue weighted by Gasteiger charge is -2.27. The van der Waals surface area contributed by atoms with Crippen LogP contribution < -0.4 is 15.8 Å². The molecule has 0 radical (unpaired) electrons. The van der Waals surface area contributed by atoms with E-state index in [9.17, 15) is 9.18 Å². The molecule has 1 fully saturated rings. The summed E-state index contributed by atoms with van der Waals surface area (Å²) in [6.07, 6.45) is -1.36. The number of rotatable bonds is 3. The summed E-state index contributed by atoms with van der Waals surface area (Å²) in [6, 6.07) is 1.25. The van der Waals surface area contributed by atoms with Gasteiger partial charge in [0.2, 0.25) is 5.88 Å². The Labute approximate surface area is 108 Å². The number of nitrogens with two attached hydrogens (primary N) is 1. The third-order valence-electron chi connectivity index (χ3n) is 2.61. The molecule has 2 atom stereocenters. The van der Waals surface area contributed by atoms with Gasteiger partial charge >= 0.3 is 0 Å². The highest BCUT2D eigenvalue weighted by Crippen LogP contribution is 2.21. The minimum absolute atomic E-state index is 0.000678. The molecule has 0 saturated carbocycles. The number of carbonyl (C=O) groups excluding carboxylic acids is 1. The summed E-state index contributed by atoms with van der Waals surface area (Å²) in [6.45, 7) is 0.843. The minimum Gasteiger partial charge on any atom is -0.470 e. The SMILES string of the molecule is NC(=O)c1cc(Cl)nnc1OC1CCNCC1F. The predicted octanol–water partition coefficient (Wildman–Crippen LogP) is 0.308. The third-order valence-corrected chi connectivity index (χ3v) is 2.79. The lowest BCUT2D eigenvalue weighted by atomic mass is 10.1. The Morgan fingerprint density at radius 1 is 1.61 bits per heavy atom. The number of piperidine rings is 1. The molecule has 18 heavy (non-hydrogen) atoms. The average Bonchev–Trinajstić information content (AvgIpc) is 2.34. The Morgan fingerprint density at radius 3 is 3.06 bits per heavy atom. The molecule has 0 bridgehead atoms. The Morgan fingerprint density at radius 2 is 2.39 bits per heavy atom. The third kappa shape index (κ3) is 2.85. The number of nitrogens with zero attached hydrogens (tertiary/aromatic N) is 2. The molecular weight excluding hydrogens is 263 g/mol. The molecule has 0 aromatic carbocycles. The van der Waals surface area contributed by atoms with Gasteiger partial charge in [-0.2, -0.15) is 0 Å². The van der Waals surface area contributed by atoms with E-state index in [-0.39, 0.29) is 23.1 Å². The van der Waals surface area contributed by atoms with Crippen molar-refractivity contribution in [2.75, 3.05) is 13.1 Å². The first-order valence-electron chi connectivity index (χ1n) is 5.42. The summed E-state index contributed by atoms with van der Waals surface area (Å²) >= 11 is 5.61. The quantitative estimate of drug-likeness (QED) is 0.828. The first-order valence-corrected chi connectivity index (χ1v) is 5.80. The first kappa shape index (κ1) is 13.0. The highest BCUT2D eigenvalue weighted by molar-refractivity contribution is 6.29. The van der Waals surface area contributed by atoms with Crippen molar-refractivity contribution in [3.63, 3.8) is 0 Å². The fourth-order valence-electron chi connectivity index (χ4n) is 1.69. The van der Waals surface area contributed by atoms with Gasteiger partial charge in [0.05, 0.1) is 0 Å². The zero-order valence-corrected chi connectivity index (χ0v) is 10.2. The van der Waals surface area contributed by atoms with Crippen LogP contribution >= 0.6 is 11.6 Å². The van der Waals surface area contributed by atoms with Gasteiger partial charge in [-0.05, 0) is 19.0 Å². The van der Waals surface area contributed by atoms with Gasteiger partial charge in [0.1, 0.15) is 17.8 Å². The second-order valence-electron chi connectivity index (χ2n) is 3.92. The molecular formula is C10H12ClFN4O2. The Kier molecular flexibility index (Phi) is 3.93. The van der Waals surface area contributed by atoms with Gasteiger partial charge in [-0.25, -0.2) is 4.39 Å². The zero-order valence-electron chi connectivity index (χ0n) is 9.40. The van der Waals surface area contributed by atoms with Crippen molar-refractivity contribution in [2.45, 2.75) is 18.7 Å². The van der Waals surface area contributed by atoms with Crippen LogP contribution in [0.3, 0.4) is 0 Å². The van der Waals surface area contributed by atoms with E-state index in [4.69, 9.17) is 22.1 Å². The Balaban J connectivity index is 2.20. The number of hydrogen-bond donors (Lipinski definition) is 2. The Hall–Kier alpha value is -1.47. The molecule has 98 valence electrons. The van der Waals surface area contributed by atoms with Gasteiger partial charge in [0.15, 0.2) is 5.15 Å². The average molecular weight is 275 g/mol. The van der Waals surface area contributed by atoms with Crippen molar-refractivity contribution >= 4 is 17.5 Å². The van der Waals surface area contributed by atoms with E-state index in [1.807, 2.05) is 0 Å². The number of amides is 1. The van der Waals surface area contributed by atoms with Crippen LogP contribution in [0.4, 0.5) is 4.39 Å².